The van der Waals surface area contributed by atoms with E-state index in [1.54, 1.807) is 18.0 Å². The molecule has 2 unspecified atom stereocenters. The molecule has 0 bridgehead atoms. The molecular formula is C18H24N4O3S2. The van der Waals surface area contributed by atoms with Crippen LogP contribution in [0.25, 0.3) is 10.9 Å². The molecule has 27 heavy (non-hydrogen) atoms. The third-order valence-electron chi connectivity index (χ3n) is 5.48. The fourth-order valence-corrected chi connectivity index (χ4v) is 5.86. The van der Waals surface area contributed by atoms with Crippen molar-refractivity contribution in [2.24, 2.45) is 0 Å². The number of pyridine rings is 1. The zero-order valence-corrected chi connectivity index (χ0v) is 16.9. The lowest BCUT2D eigenvalue weighted by Crippen LogP contribution is -2.38. The van der Waals surface area contributed by atoms with Crippen LogP contribution >= 0.6 is 11.8 Å². The number of rotatable bonds is 4. The minimum Gasteiger partial charge on any atom is -0.392 e. The van der Waals surface area contributed by atoms with E-state index < -0.39 is 10.0 Å². The second-order valence-corrected chi connectivity index (χ2v) is 10.6. The lowest BCUT2D eigenvalue weighted by Gasteiger charge is -2.29. The monoisotopic (exact) mass is 408 g/mol. The van der Waals surface area contributed by atoms with E-state index in [-0.39, 0.29) is 12.0 Å². The molecule has 0 spiro atoms. The molecule has 3 heterocycles. The van der Waals surface area contributed by atoms with Crippen LogP contribution in [0.5, 0.6) is 0 Å². The van der Waals surface area contributed by atoms with Crippen molar-refractivity contribution < 1.29 is 13.5 Å². The first-order valence-electron chi connectivity index (χ1n) is 9.33. The number of fused-ring (bicyclic) bond motifs is 1. The van der Waals surface area contributed by atoms with E-state index in [1.165, 1.54) is 10.6 Å². The maximum atomic E-state index is 11.7. The van der Waals surface area contributed by atoms with Crippen LogP contribution in [0, 0.1) is 0 Å². The minimum atomic E-state index is -3.11. The molecule has 7 nitrogen and oxygen atoms in total. The van der Waals surface area contributed by atoms with Gasteiger partial charge in [-0.1, -0.05) is 18.2 Å². The Morgan fingerprint density at radius 1 is 1.19 bits per heavy atom. The van der Waals surface area contributed by atoms with Gasteiger partial charge >= 0.3 is 0 Å². The average Bonchev–Trinajstić information content (AvgIpc) is 3.07. The molecule has 1 N–H and O–H groups in total. The highest BCUT2D eigenvalue weighted by Gasteiger charge is 2.30. The standard InChI is InChI=1S/C18H24N4O3S2/c1-27(24,25)22-9-6-13(7-10-22)26-18-20-11-12-5-8-19-17(16(12)21-18)14-3-2-4-15(14)23/h5,8,11,13-15,23H,2-4,6-7,9-10H2,1H3. The molecule has 2 aliphatic rings. The second kappa shape index (κ2) is 7.62. The van der Waals surface area contributed by atoms with E-state index in [1.807, 2.05) is 12.3 Å². The maximum Gasteiger partial charge on any atom is 0.211 e. The summed E-state index contributed by atoms with van der Waals surface area (Å²) in [4.78, 5) is 13.8. The molecule has 0 radical (unpaired) electrons. The largest absolute Gasteiger partial charge is 0.392 e. The Hall–Kier alpha value is -1.29. The number of piperidine rings is 1. The van der Waals surface area contributed by atoms with E-state index in [2.05, 4.69) is 9.97 Å². The molecule has 2 aromatic heterocycles. The van der Waals surface area contributed by atoms with Crippen LogP contribution in [-0.4, -0.2) is 63.5 Å². The van der Waals surface area contributed by atoms with Crippen LogP contribution in [0.15, 0.2) is 23.6 Å². The van der Waals surface area contributed by atoms with Gasteiger partial charge in [-0.15, -0.1) is 0 Å². The highest BCUT2D eigenvalue weighted by molar-refractivity contribution is 7.99. The van der Waals surface area contributed by atoms with Gasteiger partial charge in [-0.05, 0) is 31.7 Å². The van der Waals surface area contributed by atoms with E-state index in [4.69, 9.17) is 4.98 Å². The van der Waals surface area contributed by atoms with Gasteiger partial charge in [-0.2, -0.15) is 0 Å². The molecule has 2 aromatic rings. The zero-order valence-electron chi connectivity index (χ0n) is 15.3. The van der Waals surface area contributed by atoms with Crippen molar-refractivity contribution in [3.8, 4) is 0 Å². The molecule has 9 heteroatoms. The molecule has 146 valence electrons. The van der Waals surface area contributed by atoms with E-state index in [9.17, 15) is 13.5 Å². The minimum absolute atomic E-state index is 0.0412. The summed E-state index contributed by atoms with van der Waals surface area (Å²) >= 11 is 1.61. The summed E-state index contributed by atoms with van der Waals surface area (Å²) in [6, 6.07) is 1.90. The smallest absolute Gasteiger partial charge is 0.211 e. The number of aliphatic hydroxyl groups is 1. The van der Waals surface area contributed by atoms with Crippen molar-refractivity contribution in [2.75, 3.05) is 19.3 Å². The molecule has 2 fully saturated rings. The first kappa shape index (κ1) is 19.0. The molecular weight excluding hydrogens is 384 g/mol. The Kier molecular flexibility index (Phi) is 5.37. The zero-order chi connectivity index (χ0) is 19.0. The molecule has 0 amide bonds. The average molecular weight is 409 g/mol. The highest BCUT2D eigenvalue weighted by atomic mass is 32.2. The topological polar surface area (TPSA) is 96.3 Å². The summed E-state index contributed by atoms with van der Waals surface area (Å²) in [6.07, 6.45) is 8.84. The third kappa shape index (κ3) is 4.11. The highest BCUT2D eigenvalue weighted by Crippen LogP contribution is 2.37. The molecule has 0 aromatic carbocycles. The van der Waals surface area contributed by atoms with E-state index in [0.717, 1.165) is 48.7 Å². The van der Waals surface area contributed by atoms with Gasteiger partial charge in [0.15, 0.2) is 5.16 Å². The molecule has 1 aliphatic carbocycles. The molecule has 1 saturated carbocycles. The Morgan fingerprint density at radius 3 is 2.63 bits per heavy atom. The summed E-state index contributed by atoms with van der Waals surface area (Å²) < 4.78 is 24.8. The number of hydrogen-bond donors (Lipinski definition) is 1. The van der Waals surface area contributed by atoms with Gasteiger partial charge in [0.1, 0.15) is 0 Å². The quantitative estimate of drug-likeness (QED) is 0.775. The number of thioether (sulfide) groups is 1. The second-order valence-electron chi connectivity index (χ2n) is 7.37. The Labute approximate surface area is 163 Å². The van der Waals surface area contributed by atoms with Gasteiger partial charge in [-0.25, -0.2) is 22.7 Å². The summed E-state index contributed by atoms with van der Waals surface area (Å²) in [6.45, 7) is 1.09. The van der Waals surface area contributed by atoms with Crippen molar-refractivity contribution in [3.05, 3.63) is 24.2 Å². The van der Waals surface area contributed by atoms with Crippen molar-refractivity contribution in [3.63, 3.8) is 0 Å². The SMILES string of the molecule is CS(=O)(=O)N1CCC(Sc2ncc3ccnc(C4CCCC4O)c3n2)CC1. The summed E-state index contributed by atoms with van der Waals surface area (Å²) in [7, 11) is -3.11. The fraction of sp³-hybridized carbons (Fsp3) is 0.611. The van der Waals surface area contributed by atoms with Crippen LogP contribution in [0.4, 0.5) is 0 Å². The first-order valence-corrected chi connectivity index (χ1v) is 12.1. The van der Waals surface area contributed by atoms with E-state index in [0.29, 0.717) is 23.5 Å². The lowest BCUT2D eigenvalue weighted by molar-refractivity contribution is 0.163. The summed E-state index contributed by atoms with van der Waals surface area (Å²) in [5.41, 5.74) is 1.70. The van der Waals surface area contributed by atoms with Crippen LogP contribution in [0.1, 0.15) is 43.7 Å². The maximum absolute atomic E-state index is 11.7. The number of aliphatic hydroxyl groups excluding tert-OH is 1. The summed E-state index contributed by atoms with van der Waals surface area (Å²) in [5, 5.41) is 12.2. The number of sulfonamides is 1. The molecule has 1 aliphatic heterocycles. The van der Waals surface area contributed by atoms with Gasteiger partial charge in [0.25, 0.3) is 0 Å². The third-order valence-corrected chi connectivity index (χ3v) is 7.99. The van der Waals surface area contributed by atoms with Gasteiger partial charge in [0, 0.05) is 42.0 Å². The molecule has 4 rings (SSSR count). The van der Waals surface area contributed by atoms with Crippen LogP contribution in [-0.2, 0) is 10.0 Å². The Morgan fingerprint density at radius 2 is 1.96 bits per heavy atom. The molecule has 2 atom stereocenters. The summed E-state index contributed by atoms with van der Waals surface area (Å²) in [5.74, 6) is 0.0412. The van der Waals surface area contributed by atoms with Gasteiger partial charge < -0.3 is 5.11 Å². The van der Waals surface area contributed by atoms with Gasteiger partial charge in [0.05, 0.1) is 23.6 Å². The van der Waals surface area contributed by atoms with Crippen LogP contribution < -0.4 is 0 Å². The van der Waals surface area contributed by atoms with Gasteiger partial charge in [-0.3, -0.25) is 4.98 Å². The van der Waals surface area contributed by atoms with Crippen molar-refractivity contribution in [1.29, 1.82) is 0 Å². The van der Waals surface area contributed by atoms with Crippen molar-refractivity contribution >= 4 is 32.7 Å². The first-order chi connectivity index (χ1) is 12.9. The number of nitrogens with zero attached hydrogens (tertiary/aromatic N) is 4. The normalized spacial score (nSPS) is 25.3. The van der Waals surface area contributed by atoms with E-state index >= 15 is 0 Å². The van der Waals surface area contributed by atoms with Crippen LogP contribution in [0.3, 0.4) is 0 Å². The number of hydrogen-bond acceptors (Lipinski definition) is 7. The van der Waals surface area contributed by atoms with Crippen LogP contribution in [0.2, 0.25) is 0 Å². The Balaban J connectivity index is 1.53. The predicted octanol–water partition coefficient (Wildman–Crippen LogP) is 2.17. The fourth-order valence-electron chi connectivity index (χ4n) is 3.98. The van der Waals surface area contributed by atoms with Crippen molar-refractivity contribution in [2.45, 2.75) is 54.5 Å². The Bertz CT molecular complexity index is 929. The number of aromatic nitrogens is 3. The molecule has 1 saturated heterocycles. The predicted molar refractivity (Wildman–Crippen MR) is 105 cm³/mol. The van der Waals surface area contributed by atoms with Gasteiger partial charge in [0.2, 0.25) is 10.0 Å². The van der Waals surface area contributed by atoms with Crippen molar-refractivity contribution in [1.82, 2.24) is 19.3 Å². The lowest BCUT2D eigenvalue weighted by atomic mass is 9.99.